The first-order valence-corrected chi connectivity index (χ1v) is 5.47. The Morgan fingerprint density at radius 3 is 2.20 bits per heavy atom. The summed E-state index contributed by atoms with van der Waals surface area (Å²) in [5.74, 6) is -2.13. The van der Waals surface area contributed by atoms with Gasteiger partial charge in [0.25, 0.3) is 5.69 Å². The van der Waals surface area contributed by atoms with Gasteiger partial charge in [-0.15, -0.1) is 0 Å². The normalized spacial score (nSPS) is 11.0. The molecule has 1 rings (SSSR count). The lowest BCUT2D eigenvalue weighted by Crippen LogP contribution is -2.41. The van der Waals surface area contributed by atoms with Crippen LogP contribution in [-0.2, 0) is 4.79 Å². The first-order valence-electron chi connectivity index (χ1n) is 5.09. The lowest BCUT2D eigenvalue weighted by atomic mass is 10.2. The molecule has 1 aromatic rings. The molecule has 0 saturated carbocycles. The molecule has 0 heterocycles. The van der Waals surface area contributed by atoms with Crippen LogP contribution >= 0.6 is 11.6 Å². The predicted molar refractivity (Wildman–Crippen MR) is 66.5 cm³/mol. The summed E-state index contributed by atoms with van der Waals surface area (Å²) in [4.78, 5) is 21.4. The lowest BCUT2D eigenvalue weighted by Gasteiger charge is -2.23. The first-order chi connectivity index (χ1) is 9.12. The molecule has 0 aliphatic heterocycles. The highest BCUT2D eigenvalue weighted by Gasteiger charge is 2.43. The third-order valence-electron chi connectivity index (χ3n) is 2.19. The van der Waals surface area contributed by atoms with Gasteiger partial charge < -0.3 is 0 Å². The van der Waals surface area contributed by atoms with Gasteiger partial charge in [-0.1, -0.05) is 18.2 Å². The summed E-state index contributed by atoms with van der Waals surface area (Å²) in [7, 11) is 0. The average Bonchev–Trinajstić information content (AvgIpc) is 2.34. The number of hydrogen-bond donors (Lipinski definition) is 0. The van der Waals surface area contributed by atoms with E-state index in [9.17, 15) is 28.1 Å². The molecule has 0 radical (unpaired) electrons. The van der Waals surface area contributed by atoms with E-state index < -0.39 is 23.6 Å². The van der Waals surface area contributed by atoms with Crippen molar-refractivity contribution in [2.45, 2.75) is 6.18 Å². The summed E-state index contributed by atoms with van der Waals surface area (Å²) in [6.07, 6.45) is -5.09. The van der Waals surface area contributed by atoms with Crippen molar-refractivity contribution in [3.8, 4) is 0 Å². The van der Waals surface area contributed by atoms with Gasteiger partial charge >= 0.3 is 12.1 Å². The fourth-order valence-electron chi connectivity index (χ4n) is 1.36. The standard InChI is InChI=1S/C11H8ClF3N2O3/c1-7(12)6-16(10(18)11(13,14)15)8-2-4-9(5-3-8)17(19)20/h2-5H,1,6H2. The van der Waals surface area contributed by atoms with Crippen molar-refractivity contribution in [3.63, 3.8) is 0 Å². The van der Waals surface area contributed by atoms with Gasteiger partial charge in [0.1, 0.15) is 0 Å². The van der Waals surface area contributed by atoms with E-state index in [2.05, 4.69) is 6.58 Å². The first kappa shape index (κ1) is 16.0. The minimum atomic E-state index is -5.09. The maximum atomic E-state index is 12.5. The zero-order valence-electron chi connectivity index (χ0n) is 9.85. The third-order valence-corrected chi connectivity index (χ3v) is 2.31. The van der Waals surface area contributed by atoms with Crippen molar-refractivity contribution in [2.75, 3.05) is 11.4 Å². The van der Waals surface area contributed by atoms with E-state index in [4.69, 9.17) is 11.6 Å². The second-order valence-electron chi connectivity index (χ2n) is 3.68. The maximum Gasteiger partial charge on any atom is 0.471 e. The molecule has 0 saturated heterocycles. The van der Waals surface area contributed by atoms with Crippen molar-refractivity contribution in [1.29, 1.82) is 0 Å². The summed E-state index contributed by atoms with van der Waals surface area (Å²) in [6, 6.07) is 4.04. The second-order valence-corrected chi connectivity index (χ2v) is 4.21. The number of carbonyl (C=O) groups is 1. The Morgan fingerprint density at radius 2 is 1.85 bits per heavy atom. The summed E-state index contributed by atoms with van der Waals surface area (Å²) < 4.78 is 37.4. The van der Waals surface area contributed by atoms with Crippen LogP contribution in [0.15, 0.2) is 35.9 Å². The maximum absolute atomic E-state index is 12.5. The highest BCUT2D eigenvalue weighted by molar-refractivity contribution is 6.30. The number of nitrogens with zero attached hydrogens (tertiary/aromatic N) is 2. The topological polar surface area (TPSA) is 63.5 Å². The number of halogens is 4. The molecule has 0 atom stereocenters. The number of anilines is 1. The molecule has 0 aliphatic carbocycles. The molecule has 0 spiro atoms. The molecular formula is C11H8ClF3N2O3. The van der Waals surface area contributed by atoms with Crippen molar-refractivity contribution in [1.82, 2.24) is 0 Å². The Kier molecular flexibility index (Phi) is 4.72. The molecule has 0 N–H and O–H groups in total. The average molecular weight is 309 g/mol. The minimum absolute atomic E-state index is 0.167. The summed E-state index contributed by atoms with van der Waals surface area (Å²) >= 11 is 5.43. The number of benzene rings is 1. The van der Waals surface area contributed by atoms with E-state index in [1.165, 1.54) is 0 Å². The van der Waals surface area contributed by atoms with Crippen LogP contribution in [0.3, 0.4) is 0 Å². The van der Waals surface area contributed by atoms with Gasteiger partial charge in [-0.3, -0.25) is 19.8 Å². The van der Waals surface area contributed by atoms with Crippen LogP contribution in [0.2, 0.25) is 0 Å². The van der Waals surface area contributed by atoms with E-state index in [-0.39, 0.29) is 16.4 Å². The second kappa shape index (κ2) is 5.91. The van der Waals surface area contributed by atoms with Crippen molar-refractivity contribution in [2.24, 2.45) is 0 Å². The SMILES string of the molecule is C=C(Cl)CN(C(=O)C(F)(F)F)c1ccc([N+](=O)[O-])cc1. The quantitative estimate of drug-likeness (QED) is 0.633. The predicted octanol–water partition coefficient (Wildman–Crippen LogP) is 3.24. The van der Waals surface area contributed by atoms with Gasteiger partial charge in [-0.2, -0.15) is 13.2 Å². The molecule has 1 amide bonds. The molecule has 5 nitrogen and oxygen atoms in total. The van der Waals surface area contributed by atoms with E-state index in [1.54, 1.807) is 0 Å². The van der Waals surface area contributed by atoms with Crippen LogP contribution < -0.4 is 4.90 Å². The zero-order valence-corrected chi connectivity index (χ0v) is 10.6. The molecule has 9 heteroatoms. The van der Waals surface area contributed by atoms with Gasteiger partial charge in [-0.05, 0) is 12.1 Å². The summed E-state index contributed by atoms with van der Waals surface area (Å²) in [6.45, 7) is 2.67. The molecular weight excluding hydrogens is 301 g/mol. The molecule has 1 aromatic carbocycles. The number of hydrogen-bond acceptors (Lipinski definition) is 3. The van der Waals surface area contributed by atoms with Crippen molar-refractivity contribution in [3.05, 3.63) is 46.0 Å². The number of nitro benzene ring substituents is 1. The monoisotopic (exact) mass is 308 g/mol. The Labute approximate surface area is 116 Å². The highest BCUT2D eigenvalue weighted by Crippen LogP contribution is 2.26. The van der Waals surface area contributed by atoms with E-state index in [0.717, 1.165) is 24.3 Å². The van der Waals surface area contributed by atoms with Gasteiger partial charge in [0.2, 0.25) is 0 Å². The largest absolute Gasteiger partial charge is 0.471 e. The van der Waals surface area contributed by atoms with Gasteiger partial charge in [0, 0.05) is 22.9 Å². The fourth-order valence-corrected chi connectivity index (χ4v) is 1.48. The van der Waals surface area contributed by atoms with E-state index >= 15 is 0 Å². The van der Waals surface area contributed by atoms with E-state index in [0.29, 0.717) is 4.90 Å². The van der Waals surface area contributed by atoms with Crippen molar-refractivity contribution >= 4 is 28.9 Å². The van der Waals surface area contributed by atoms with Crippen molar-refractivity contribution < 1.29 is 22.9 Å². The van der Waals surface area contributed by atoms with Gasteiger partial charge in [0.15, 0.2) is 0 Å². The minimum Gasteiger partial charge on any atom is -0.299 e. The zero-order chi connectivity index (χ0) is 15.5. The van der Waals surface area contributed by atoms with Crippen LogP contribution in [-0.4, -0.2) is 23.6 Å². The molecule has 0 aromatic heterocycles. The van der Waals surface area contributed by atoms with Gasteiger partial charge in [-0.25, -0.2) is 0 Å². The molecule has 20 heavy (non-hydrogen) atoms. The molecule has 0 bridgehead atoms. The van der Waals surface area contributed by atoms with Crippen LogP contribution in [0.4, 0.5) is 24.5 Å². The van der Waals surface area contributed by atoms with Crippen LogP contribution in [0.1, 0.15) is 0 Å². The van der Waals surface area contributed by atoms with Crippen LogP contribution in [0.5, 0.6) is 0 Å². The Balaban J connectivity index is 3.14. The van der Waals surface area contributed by atoms with Gasteiger partial charge in [0.05, 0.1) is 11.5 Å². The molecule has 0 aliphatic rings. The Hall–Kier alpha value is -2.09. The number of amides is 1. The van der Waals surface area contributed by atoms with E-state index in [1.807, 2.05) is 0 Å². The third kappa shape index (κ3) is 3.95. The fraction of sp³-hybridized carbons (Fsp3) is 0.182. The summed E-state index contributed by atoms with van der Waals surface area (Å²) in [5.41, 5.74) is -0.474. The number of carbonyl (C=O) groups excluding carboxylic acids is 1. The number of alkyl halides is 3. The summed E-state index contributed by atoms with van der Waals surface area (Å²) in [5, 5.41) is 10.3. The highest BCUT2D eigenvalue weighted by atomic mass is 35.5. The molecule has 0 fully saturated rings. The van der Waals surface area contributed by atoms with Crippen LogP contribution in [0, 0.1) is 10.1 Å². The lowest BCUT2D eigenvalue weighted by molar-refractivity contribution is -0.384. The number of non-ortho nitro benzene ring substituents is 1. The van der Waals surface area contributed by atoms with Crippen LogP contribution in [0.25, 0.3) is 0 Å². The Morgan fingerprint density at radius 1 is 1.35 bits per heavy atom. The Bertz CT molecular complexity index is 543. The number of nitro groups is 1. The molecule has 0 unspecified atom stereocenters. The smallest absolute Gasteiger partial charge is 0.299 e. The molecule has 108 valence electrons. The number of rotatable bonds is 4.